The zero-order chi connectivity index (χ0) is 16.8. The minimum atomic E-state index is -0.534. The third-order valence-corrected chi connectivity index (χ3v) is 3.91. The van der Waals surface area contributed by atoms with Gasteiger partial charge in [-0.1, -0.05) is 20.3 Å². The van der Waals surface area contributed by atoms with Gasteiger partial charge in [-0.3, -0.25) is 4.90 Å². The third-order valence-electron chi connectivity index (χ3n) is 3.91. The van der Waals surface area contributed by atoms with E-state index in [0.717, 1.165) is 19.3 Å². The summed E-state index contributed by atoms with van der Waals surface area (Å²) in [6.07, 6.45) is 2.98. The second-order valence-electron chi connectivity index (χ2n) is 7.11. The Morgan fingerprint density at radius 1 is 1.41 bits per heavy atom. The first-order valence-corrected chi connectivity index (χ1v) is 8.26. The van der Waals surface area contributed by atoms with E-state index in [1.807, 2.05) is 20.8 Å². The molecule has 0 aliphatic carbocycles. The summed E-state index contributed by atoms with van der Waals surface area (Å²) in [6.45, 7) is 11.0. The predicted molar refractivity (Wildman–Crippen MR) is 85.4 cm³/mol. The summed E-state index contributed by atoms with van der Waals surface area (Å²) in [5, 5.41) is 9.05. The highest BCUT2D eigenvalue weighted by Crippen LogP contribution is 2.33. The van der Waals surface area contributed by atoms with Crippen molar-refractivity contribution in [2.45, 2.75) is 78.0 Å². The van der Waals surface area contributed by atoms with Gasteiger partial charge in [0.15, 0.2) is 0 Å². The Balaban J connectivity index is 2.76. The number of nitriles is 1. The van der Waals surface area contributed by atoms with Crippen LogP contribution in [-0.2, 0) is 9.47 Å². The summed E-state index contributed by atoms with van der Waals surface area (Å²) in [6, 6.07) is 2.11. The summed E-state index contributed by atoms with van der Waals surface area (Å²) in [4.78, 5) is 14.3. The molecule has 1 aliphatic rings. The van der Waals surface area contributed by atoms with Crippen LogP contribution in [0.3, 0.4) is 0 Å². The molecule has 1 fully saturated rings. The molecular weight excluding hydrogens is 280 g/mol. The Kier molecular flexibility index (Phi) is 7.15. The van der Waals surface area contributed by atoms with Crippen LogP contribution < -0.4 is 0 Å². The molecule has 0 saturated carbocycles. The normalized spacial score (nSPS) is 25.1. The number of carbonyl (C=O) groups is 1. The van der Waals surface area contributed by atoms with Crippen molar-refractivity contribution in [3.05, 3.63) is 0 Å². The highest BCUT2D eigenvalue weighted by Gasteiger charge is 2.43. The molecule has 22 heavy (non-hydrogen) atoms. The van der Waals surface area contributed by atoms with E-state index in [0.29, 0.717) is 19.6 Å². The van der Waals surface area contributed by atoms with Gasteiger partial charge in [-0.15, -0.1) is 0 Å². The van der Waals surface area contributed by atoms with Crippen LogP contribution in [0.1, 0.15) is 60.3 Å². The molecule has 3 atom stereocenters. The molecule has 0 radical (unpaired) electrons. The van der Waals surface area contributed by atoms with Gasteiger partial charge in [0.05, 0.1) is 31.2 Å². The van der Waals surface area contributed by atoms with Crippen LogP contribution in [0.15, 0.2) is 0 Å². The second kappa shape index (κ2) is 8.38. The van der Waals surface area contributed by atoms with Crippen molar-refractivity contribution in [3.8, 4) is 6.07 Å². The first-order valence-electron chi connectivity index (χ1n) is 8.26. The summed E-state index contributed by atoms with van der Waals surface area (Å²) in [5.74, 6) is 0.284. The van der Waals surface area contributed by atoms with Crippen molar-refractivity contribution >= 4 is 6.09 Å². The Morgan fingerprint density at radius 3 is 2.64 bits per heavy atom. The second-order valence-corrected chi connectivity index (χ2v) is 7.11. The maximum absolute atomic E-state index is 12.5. The number of rotatable bonds is 6. The van der Waals surface area contributed by atoms with E-state index >= 15 is 0 Å². The van der Waals surface area contributed by atoms with Gasteiger partial charge in [0.25, 0.3) is 0 Å². The molecule has 0 aromatic carbocycles. The van der Waals surface area contributed by atoms with E-state index < -0.39 is 5.60 Å². The van der Waals surface area contributed by atoms with Crippen LogP contribution in [0.2, 0.25) is 0 Å². The number of nitrogens with zero attached hydrogens (tertiary/aromatic N) is 2. The van der Waals surface area contributed by atoms with E-state index in [1.165, 1.54) is 0 Å². The molecule has 0 unspecified atom stereocenters. The monoisotopic (exact) mass is 310 g/mol. The van der Waals surface area contributed by atoms with Gasteiger partial charge in [-0.2, -0.15) is 5.26 Å². The molecule has 0 N–H and O–H groups in total. The SMILES string of the molecule is CCCCOC[C@@H]1C[C@H](C)[C@H](CC#N)N1C(=O)OC(C)(C)C. The van der Waals surface area contributed by atoms with E-state index in [-0.39, 0.29) is 24.1 Å². The largest absolute Gasteiger partial charge is 0.444 e. The molecule has 1 saturated heterocycles. The van der Waals surface area contributed by atoms with Crippen LogP contribution >= 0.6 is 0 Å². The van der Waals surface area contributed by atoms with Crippen molar-refractivity contribution < 1.29 is 14.3 Å². The quantitative estimate of drug-likeness (QED) is 0.701. The van der Waals surface area contributed by atoms with Gasteiger partial charge < -0.3 is 9.47 Å². The highest BCUT2D eigenvalue weighted by atomic mass is 16.6. The molecule has 5 heteroatoms. The average Bonchev–Trinajstić information content (AvgIpc) is 2.70. The first kappa shape index (κ1) is 18.8. The van der Waals surface area contributed by atoms with Gasteiger partial charge in [0, 0.05) is 6.61 Å². The molecule has 1 rings (SSSR count). The number of hydrogen-bond acceptors (Lipinski definition) is 4. The number of hydrogen-bond donors (Lipinski definition) is 0. The lowest BCUT2D eigenvalue weighted by Crippen LogP contribution is -2.46. The Labute approximate surface area is 134 Å². The summed E-state index contributed by atoms with van der Waals surface area (Å²) >= 11 is 0. The summed E-state index contributed by atoms with van der Waals surface area (Å²) < 4.78 is 11.2. The maximum atomic E-state index is 12.5. The number of unbranched alkanes of at least 4 members (excludes halogenated alkanes) is 1. The molecule has 1 amide bonds. The van der Waals surface area contributed by atoms with Crippen molar-refractivity contribution in [3.63, 3.8) is 0 Å². The van der Waals surface area contributed by atoms with Crippen molar-refractivity contribution in [2.24, 2.45) is 5.92 Å². The zero-order valence-electron chi connectivity index (χ0n) is 14.6. The zero-order valence-corrected chi connectivity index (χ0v) is 14.6. The van der Waals surface area contributed by atoms with Gasteiger partial charge in [-0.05, 0) is 39.5 Å². The Bertz CT molecular complexity index is 398. The van der Waals surface area contributed by atoms with Gasteiger partial charge in [0.2, 0.25) is 0 Å². The van der Waals surface area contributed by atoms with Crippen molar-refractivity contribution in [1.29, 1.82) is 5.26 Å². The molecule has 0 aromatic rings. The fourth-order valence-electron chi connectivity index (χ4n) is 2.85. The topological polar surface area (TPSA) is 62.6 Å². The van der Waals surface area contributed by atoms with E-state index in [4.69, 9.17) is 14.7 Å². The number of amides is 1. The van der Waals surface area contributed by atoms with Crippen molar-refractivity contribution in [2.75, 3.05) is 13.2 Å². The smallest absolute Gasteiger partial charge is 0.410 e. The Morgan fingerprint density at radius 2 is 2.09 bits per heavy atom. The lowest BCUT2D eigenvalue weighted by molar-refractivity contribution is 0.00115. The van der Waals surface area contributed by atoms with E-state index in [9.17, 15) is 4.79 Å². The maximum Gasteiger partial charge on any atom is 0.410 e. The van der Waals surface area contributed by atoms with Gasteiger partial charge in [-0.25, -0.2) is 4.79 Å². The van der Waals surface area contributed by atoms with Crippen LogP contribution in [0, 0.1) is 17.2 Å². The minimum Gasteiger partial charge on any atom is -0.444 e. The third kappa shape index (κ3) is 5.49. The lowest BCUT2D eigenvalue weighted by atomic mass is 10.00. The highest BCUT2D eigenvalue weighted by molar-refractivity contribution is 5.69. The molecule has 0 aromatic heterocycles. The molecule has 1 heterocycles. The van der Waals surface area contributed by atoms with Crippen LogP contribution in [0.4, 0.5) is 4.79 Å². The summed E-state index contributed by atoms with van der Waals surface area (Å²) in [5.41, 5.74) is -0.534. The standard InChI is InChI=1S/C17H30N2O3/c1-6-7-10-21-12-14-11-13(2)15(8-9-18)19(14)16(20)22-17(3,4)5/h13-15H,6-8,10-12H2,1-5H3/t13-,14-,15-/m0/s1. The molecule has 126 valence electrons. The van der Waals surface area contributed by atoms with Gasteiger partial charge in [0.1, 0.15) is 5.60 Å². The van der Waals surface area contributed by atoms with Crippen molar-refractivity contribution in [1.82, 2.24) is 4.90 Å². The number of ether oxygens (including phenoxy) is 2. The van der Waals surface area contributed by atoms with E-state index in [1.54, 1.807) is 4.90 Å². The molecule has 0 bridgehead atoms. The summed E-state index contributed by atoms with van der Waals surface area (Å²) in [7, 11) is 0. The molecule has 1 aliphatic heterocycles. The van der Waals surface area contributed by atoms with Crippen LogP contribution in [0.5, 0.6) is 0 Å². The van der Waals surface area contributed by atoms with Crippen LogP contribution in [0.25, 0.3) is 0 Å². The predicted octanol–water partition coefficient (Wildman–Crippen LogP) is 3.73. The van der Waals surface area contributed by atoms with Crippen LogP contribution in [-0.4, -0.2) is 41.9 Å². The lowest BCUT2D eigenvalue weighted by Gasteiger charge is -2.32. The fraction of sp³-hybridized carbons (Fsp3) is 0.882. The number of likely N-dealkylation sites (tertiary alicyclic amines) is 1. The average molecular weight is 310 g/mol. The van der Waals surface area contributed by atoms with Gasteiger partial charge >= 0.3 is 6.09 Å². The minimum absolute atomic E-state index is 0.0000520. The fourth-order valence-corrected chi connectivity index (χ4v) is 2.85. The number of carbonyl (C=O) groups excluding carboxylic acids is 1. The Hall–Kier alpha value is -1.28. The van der Waals surface area contributed by atoms with E-state index in [2.05, 4.69) is 19.9 Å². The molecule has 0 spiro atoms. The molecular formula is C17H30N2O3. The first-order chi connectivity index (χ1) is 10.3. The molecule has 5 nitrogen and oxygen atoms in total.